The van der Waals surface area contributed by atoms with E-state index in [9.17, 15) is 13.5 Å². The highest BCUT2D eigenvalue weighted by Gasteiger charge is 2.40. The van der Waals surface area contributed by atoms with E-state index in [-0.39, 0.29) is 17.4 Å². The number of hydrogen-bond donors (Lipinski definition) is 1. The van der Waals surface area contributed by atoms with Crippen molar-refractivity contribution in [2.45, 2.75) is 71.3 Å². The summed E-state index contributed by atoms with van der Waals surface area (Å²) in [5.74, 6) is 0.566. The van der Waals surface area contributed by atoms with Gasteiger partial charge in [-0.05, 0) is 5.92 Å². The van der Waals surface area contributed by atoms with Crippen molar-refractivity contribution in [1.82, 2.24) is 0 Å². The Hall–Kier alpha value is -0.0900. The van der Waals surface area contributed by atoms with E-state index in [0.29, 0.717) is 5.92 Å². The molecule has 1 N–H and O–H groups in total. The fourth-order valence-corrected chi connectivity index (χ4v) is 5.18. The average molecular weight is 290 g/mol. The smallest absolute Gasteiger partial charge is 0.153 e. The Morgan fingerprint density at radius 1 is 1.00 bits per heavy atom. The van der Waals surface area contributed by atoms with Crippen LogP contribution in [0.4, 0.5) is 0 Å². The number of sulfone groups is 1. The van der Waals surface area contributed by atoms with Gasteiger partial charge in [-0.2, -0.15) is 0 Å². The first-order valence-electron chi connectivity index (χ1n) is 7.88. The molecular weight excluding hydrogens is 260 g/mol. The molecule has 0 spiro atoms. The molecule has 1 heterocycles. The third kappa shape index (κ3) is 5.82. The number of hydrogen-bond acceptors (Lipinski definition) is 3. The Kier molecular flexibility index (Phi) is 7.37. The van der Waals surface area contributed by atoms with Crippen LogP contribution in [0.5, 0.6) is 0 Å². The molecule has 0 saturated carbocycles. The quantitative estimate of drug-likeness (QED) is 0.664. The minimum Gasteiger partial charge on any atom is -0.392 e. The lowest BCUT2D eigenvalue weighted by Gasteiger charge is -2.25. The zero-order valence-corrected chi connectivity index (χ0v) is 13.3. The van der Waals surface area contributed by atoms with E-state index in [0.717, 1.165) is 25.7 Å². The monoisotopic (exact) mass is 290 g/mol. The molecule has 19 heavy (non-hydrogen) atoms. The molecule has 1 rings (SSSR count). The third-order valence-electron chi connectivity index (χ3n) is 4.33. The Balaban J connectivity index is 2.56. The van der Waals surface area contributed by atoms with E-state index < -0.39 is 15.9 Å². The number of unbranched alkanes of at least 4 members (excludes halogenated alkanes) is 4. The number of aliphatic hydroxyl groups is 1. The normalized spacial score (nSPS) is 26.1. The first-order valence-corrected chi connectivity index (χ1v) is 9.70. The van der Waals surface area contributed by atoms with Gasteiger partial charge in [0.2, 0.25) is 0 Å². The van der Waals surface area contributed by atoms with Gasteiger partial charge in [-0.15, -0.1) is 0 Å². The number of rotatable bonds is 9. The maximum Gasteiger partial charge on any atom is 0.153 e. The minimum atomic E-state index is -3.00. The molecule has 0 aromatic heterocycles. The predicted molar refractivity (Wildman–Crippen MR) is 79.9 cm³/mol. The summed E-state index contributed by atoms with van der Waals surface area (Å²) >= 11 is 0. The highest BCUT2D eigenvalue weighted by Crippen LogP contribution is 2.33. The summed E-state index contributed by atoms with van der Waals surface area (Å²) < 4.78 is 23.3. The van der Waals surface area contributed by atoms with E-state index >= 15 is 0 Å². The van der Waals surface area contributed by atoms with Crippen molar-refractivity contribution in [3.05, 3.63) is 0 Å². The fourth-order valence-electron chi connectivity index (χ4n) is 3.19. The van der Waals surface area contributed by atoms with Gasteiger partial charge in [0, 0.05) is 5.92 Å². The van der Waals surface area contributed by atoms with Crippen LogP contribution in [0, 0.1) is 11.8 Å². The first-order chi connectivity index (χ1) is 9.00. The standard InChI is InChI=1S/C15H30O3S/c1-3-5-7-9-13(10-8-6-4-2)14-11-19(17,18)12-15(14)16/h13-16H,3-12H2,1-2H3/t14?,15-/m0/s1. The molecule has 0 aliphatic carbocycles. The zero-order chi connectivity index (χ0) is 14.3. The van der Waals surface area contributed by atoms with Crippen LogP contribution in [-0.2, 0) is 9.84 Å². The molecule has 0 amide bonds. The summed E-state index contributed by atoms with van der Waals surface area (Å²) in [5.41, 5.74) is 0. The molecule has 1 saturated heterocycles. The highest BCUT2D eigenvalue weighted by molar-refractivity contribution is 7.91. The highest BCUT2D eigenvalue weighted by atomic mass is 32.2. The summed E-state index contributed by atoms with van der Waals surface area (Å²) in [5, 5.41) is 10.0. The molecule has 114 valence electrons. The van der Waals surface area contributed by atoms with Crippen LogP contribution in [0.15, 0.2) is 0 Å². The molecule has 1 aliphatic heterocycles. The molecule has 1 aliphatic rings. The lowest BCUT2D eigenvalue weighted by atomic mass is 9.82. The van der Waals surface area contributed by atoms with Crippen molar-refractivity contribution in [2.24, 2.45) is 11.8 Å². The summed E-state index contributed by atoms with van der Waals surface area (Å²) in [6, 6.07) is 0. The minimum absolute atomic E-state index is 0.0151. The lowest BCUT2D eigenvalue weighted by Crippen LogP contribution is -2.26. The van der Waals surface area contributed by atoms with Crippen molar-refractivity contribution < 1.29 is 13.5 Å². The molecule has 0 radical (unpaired) electrons. The second-order valence-electron chi connectivity index (χ2n) is 6.06. The van der Waals surface area contributed by atoms with Gasteiger partial charge >= 0.3 is 0 Å². The van der Waals surface area contributed by atoms with Gasteiger partial charge < -0.3 is 5.11 Å². The fraction of sp³-hybridized carbons (Fsp3) is 1.00. The van der Waals surface area contributed by atoms with E-state index in [4.69, 9.17) is 0 Å². The average Bonchev–Trinajstić information content (AvgIpc) is 2.61. The SMILES string of the molecule is CCCCCC(CCCCC)C1CS(=O)(=O)C[C@@H]1O. The van der Waals surface area contributed by atoms with Crippen molar-refractivity contribution in [3.8, 4) is 0 Å². The summed E-state index contributed by atoms with van der Waals surface area (Å²) in [7, 11) is -3.00. The Morgan fingerprint density at radius 2 is 1.53 bits per heavy atom. The van der Waals surface area contributed by atoms with Crippen molar-refractivity contribution in [3.63, 3.8) is 0 Å². The van der Waals surface area contributed by atoms with Crippen molar-refractivity contribution in [1.29, 1.82) is 0 Å². The molecule has 4 heteroatoms. The molecular formula is C15H30O3S. The Morgan fingerprint density at radius 3 is 1.89 bits per heavy atom. The van der Waals surface area contributed by atoms with E-state index in [1.807, 2.05) is 0 Å². The first kappa shape index (κ1) is 17.0. The molecule has 0 aromatic carbocycles. The van der Waals surface area contributed by atoms with Crippen LogP contribution in [0.1, 0.15) is 65.2 Å². The summed E-state index contributed by atoms with van der Waals surface area (Å²) in [6.07, 6.45) is 8.65. The summed E-state index contributed by atoms with van der Waals surface area (Å²) in [6.45, 7) is 4.36. The van der Waals surface area contributed by atoms with Gasteiger partial charge in [0.1, 0.15) is 0 Å². The van der Waals surface area contributed by atoms with E-state index in [1.165, 1.54) is 25.7 Å². The van der Waals surface area contributed by atoms with Gasteiger partial charge in [0.25, 0.3) is 0 Å². The van der Waals surface area contributed by atoms with Crippen LogP contribution in [-0.4, -0.2) is 31.1 Å². The van der Waals surface area contributed by atoms with Gasteiger partial charge in [0.05, 0.1) is 17.6 Å². The second-order valence-corrected chi connectivity index (χ2v) is 8.21. The maximum absolute atomic E-state index is 11.7. The molecule has 0 bridgehead atoms. The predicted octanol–water partition coefficient (Wildman–Crippen LogP) is 3.17. The Labute approximate surface area is 118 Å². The number of aliphatic hydroxyl groups excluding tert-OH is 1. The third-order valence-corrected chi connectivity index (χ3v) is 6.07. The van der Waals surface area contributed by atoms with Gasteiger partial charge in [0.15, 0.2) is 9.84 Å². The van der Waals surface area contributed by atoms with Gasteiger partial charge in [-0.3, -0.25) is 0 Å². The van der Waals surface area contributed by atoms with Crippen LogP contribution < -0.4 is 0 Å². The van der Waals surface area contributed by atoms with E-state index in [2.05, 4.69) is 13.8 Å². The molecule has 1 fully saturated rings. The van der Waals surface area contributed by atoms with Crippen molar-refractivity contribution in [2.75, 3.05) is 11.5 Å². The zero-order valence-electron chi connectivity index (χ0n) is 12.5. The van der Waals surface area contributed by atoms with Gasteiger partial charge in [-0.1, -0.05) is 65.2 Å². The van der Waals surface area contributed by atoms with E-state index in [1.54, 1.807) is 0 Å². The topological polar surface area (TPSA) is 54.4 Å². The van der Waals surface area contributed by atoms with Crippen molar-refractivity contribution >= 4 is 9.84 Å². The molecule has 2 atom stereocenters. The van der Waals surface area contributed by atoms with Crippen LogP contribution in [0.2, 0.25) is 0 Å². The largest absolute Gasteiger partial charge is 0.392 e. The van der Waals surface area contributed by atoms with Gasteiger partial charge in [-0.25, -0.2) is 8.42 Å². The van der Waals surface area contributed by atoms with Crippen LogP contribution in [0.3, 0.4) is 0 Å². The molecule has 3 nitrogen and oxygen atoms in total. The molecule has 1 unspecified atom stereocenters. The summed E-state index contributed by atoms with van der Waals surface area (Å²) in [4.78, 5) is 0. The maximum atomic E-state index is 11.7. The van der Waals surface area contributed by atoms with Crippen LogP contribution in [0.25, 0.3) is 0 Å². The second kappa shape index (κ2) is 8.25. The Bertz CT molecular complexity index is 327. The molecule has 0 aromatic rings. The van der Waals surface area contributed by atoms with Crippen LogP contribution >= 0.6 is 0 Å². The lowest BCUT2D eigenvalue weighted by molar-refractivity contribution is 0.104.